The third-order valence-electron chi connectivity index (χ3n) is 4.47. The molecule has 0 fully saturated rings. The van der Waals surface area contributed by atoms with Gasteiger partial charge in [-0.05, 0) is 44.2 Å². The number of nitrogens with zero attached hydrogens (tertiary/aromatic N) is 1. The van der Waals surface area contributed by atoms with E-state index >= 15 is 0 Å². The highest BCUT2D eigenvalue weighted by atomic mass is 16.6. The second-order valence-corrected chi connectivity index (χ2v) is 6.68. The van der Waals surface area contributed by atoms with Crippen molar-refractivity contribution in [3.63, 3.8) is 0 Å². The number of carbonyl (C=O) groups is 3. The summed E-state index contributed by atoms with van der Waals surface area (Å²) in [5.41, 5.74) is 1.49. The summed E-state index contributed by atoms with van der Waals surface area (Å²) in [6, 6.07) is 5.12. The SMILES string of the molecule is O=C(COC(=O)CCNC(=O)c1ccc([N+](=O)[O-])cc1)NCCC1=CCCCC1. The van der Waals surface area contributed by atoms with Crippen molar-refractivity contribution >= 4 is 23.5 Å². The Morgan fingerprint density at radius 3 is 2.48 bits per heavy atom. The van der Waals surface area contributed by atoms with Crippen molar-refractivity contribution in [2.75, 3.05) is 19.7 Å². The second-order valence-electron chi connectivity index (χ2n) is 6.68. The maximum absolute atomic E-state index is 11.9. The highest BCUT2D eigenvalue weighted by Gasteiger charge is 2.11. The van der Waals surface area contributed by atoms with Gasteiger partial charge in [-0.15, -0.1) is 0 Å². The number of nitro groups is 1. The number of hydrogen-bond donors (Lipinski definition) is 2. The fraction of sp³-hybridized carbons (Fsp3) is 0.450. The maximum Gasteiger partial charge on any atom is 0.308 e. The van der Waals surface area contributed by atoms with E-state index in [9.17, 15) is 24.5 Å². The van der Waals surface area contributed by atoms with Gasteiger partial charge in [0, 0.05) is 30.8 Å². The molecule has 0 aromatic heterocycles. The number of allylic oxidation sites excluding steroid dienone is 1. The van der Waals surface area contributed by atoms with Crippen LogP contribution in [-0.2, 0) is 14.3 Å². The van der Waals surface area contributed by atoms with Crippen LogP contribution in [0.4, 0.5) is 5.69 Å². The molecule has 1 aromatic rings. The topological polar surface area (TPSA) is 128 Å². The van der Waals surface area contributed by atoms with Crippen LogP contribution in [0, 0.1) is 10.1 Å². The Labute approximate surface area is 168 Å². The van der Waals surface area contributed by atoms with Crippen LogP contribution < -0.4 is 10.6 Å². The fourth-order valence-electron chi connectivity index (χ4n) is 2.88. The molecule has 2 N–H and O–H groups in total. The van der Waals surface area contributed by atoms with Crippen LogP contribution in [0.5, 0.6) is 0 Å². The molecule has 0 unspecified atom stereocenters. The molecule has 0 saturated carbocycles. The summed E-state index contributed by atoms with van der Waals surface area (Å²) in [5.74, 6) is -1.41. The lowest BCUT2D eigenvalue weighted by atomic mass is 9.97. The number of amides is 2. The van der Waals surface area contributed by atoms with E-state index in [-0.39, 0.29) is 36.7 Å². The zero-order chi connectivity index (χ0) is 21.1. The van der Waals surface area contributed by atoms with E-state index in [0.29, 0.717) is 6.54 Å². The van der Waals surface area contributed by atoms with Gasteiger partial charge >= 0.3 is 5.97 Å². The van der Waals surface area contributed by atoms with Crippen molar-refractivity contribution in [3.8, 4) is 0 Å². The van der Waals surface area contributed by atoms with Gasteiger partial charge in [-0.3, -0.25) is 24.5 Å². The van der Waals surface area contributed by atoms with Crippen LogP contribution in [-0.4, -0.2) is 42.4 Å². The number of nitrogens with one attached hydrogen (secondary N) is 2. The van der Waals surface area contributed by atoms with Crippen LogP contribution in [0.1, 0.15) is 48.9 Å². The molecule has 0 bridgehead atoms. The Bertz CT molecular complexity index is 773. The van der Waals surface area contributed by atoms with E-state index in [1.807, 2.05) is 0 Å². The summed E-state index contributed by atoms with van der Waals surface area (Å²) in [6.45, 7) is 0.201. The summed E-state index contributed by atoms with van der Waals surface area (Å²) in [4.78, 5) is 45.3. The molecule has 156 valence electrons. The zero-order valence-corrected chi connectivity index (χ0v) is 16.1. The first-order valence-electron chi connectivity index (χ1n) is 9.58. The predicted molar refractivity (Wildman–Crippen MR) is 105 cm³/mol. The normalized spacial score (nSPS) is 13.2. The minimum Gasteiger partial charge on any atom is -0.456 e. The molecule has 2 amide bonds. The fourth-order valence-corrected chi connectivity index (χ4v) is 2.88. The lowest BCUT2D eigenvalue weighted by Crippen LogP contribution is -2.31. The molecular formula is C20H25N3O6. The molecule has 9 nitrogen and oxygen atoms in total. The van der Waals surface area contributed by atoms with Crippen molar-refractivity contribution in [1.82, 2.24) is 10.6 Å². The lowest BCUT2D eigenvalue weighted by molar-refractivity contribution is -0.384. The number of esters is 1. The van der Waals surface area contributed by atoms with Crippen molar-refractivity contribution in [2.45, 2.75) is 38.5 Å². The molecule has 2 rings (SSSR count). The van der Waals surface area contributed by atoms with Gasteiger partial charge in [0.05, 0.1) is 11.3 Å². The molecule has 0 atom stereocenters. The Hall–Kier alpha value is -3.23. The molecule has 0 radical (unpaired) electrons. The van der Waals surface area contributed by atoms with Crippen molar-refractivity contribution in [3.05, 3.63) is 51.6 Å². The first-order valence-corrected chi connectivity index (χ1v) is 9.58. The van der Waals surface area contributed by atoms with Gasteiger partial charge in [0.2, 0.25) is 0 Å². The molecule has 0 saturated heterocycles. The highest BCUT2D eigenvalue weighted by Crippen LogP contribution is 2.19. The third-order valence-corrected chi connectivity index (χ3v) is 4.47. The van der Waals surface area contributed by atoms with E-state index in [1.54, 1.807) is 0 Å². The lowest BCUT2D eigenvalue weighted by Gasteiger charge is -2.13. The number of hydrogen-bond acceptors (Lipinski definition) is 6. The zero-order valence-electron chi connectivity index (χ0n) is 16.1. The third kappa shape index (κ3) is 8.12. The molecular weight excluding hydrogens is 378 g/mol. The first-order chi connectivity index (χ1) is 14.0. The summed E-state index contributed by atoms with van der Waals surface area (Å²) in [5, 5.41) is 15.8. The summed E-state index contributed by atoms with van der Waals surface area (Å²) >= 11 is 0. The number of carbonyl (C=O) groups excluding carboxylic acids is 3. The second kappa shape index (κ2) is 11.6. The van der Waals surface area contributed by atoms with E-state index in [4.69, 9.17) is 4.74 Å². The summed E-state index contributed by atoms with van der Waals surface area (Å²) in [7, 11) is 0. The minimum absolute atomic E-state index is 0.0322. The molecule has 0 aliphatic heterocycles. The highest BCUT2D eigenvalue weighted by molar-refractivity contribution is 5.94. The van der Waals surface area contributed by atoms with Crippen molar-refractivity contribution < 1.29 is 24.0 Å². The van der Waals surface area contributed by atoms with Crippen molar-refractivity contribution in [2.24, 2.45) is 0 Å². The summed E-state index contributed by atoms with van der Waals surface area (Å²) < 4.78 is 4.88. The van der Waals surface area contributed by atoms with Crippen LogP contribution in [0.25, 0.3) is 0 Å². The van der Waals surface area contributed by atoms with Crippen LogP contribution in [0.2, 0.25) is 0 Å². The van der Waals surface area contributed by atoms with Gasteiger partial charge in [-0.1, -0.05) is 11.6 Å². The largest absolute Gasteiger partial charge is 0.456 e. The first kappa shape index (κ1) is 22.1. The Morgan fingerprint density at radius 2 is 1.83 bits per heavy atom. The number of rotatable bonds is 10. The number of benzene rings is 1. The van der Waals surface area contributed by atoms with Gasteiger partial charge in [-0.25, -0.2) is 0 Å². The minimum atomic E-state index is -0.598. The van der Waals surface area contributed by atoms with Crippen LogP contribution in [0.15, 0.2) is 35.9 Å². The smallest absolute Gasteiger partial charge is 0.308 e. The molecule has 0 spiro atoms. The molecule has 29 heavy (non-hydrogen) atoms. The van der Waals surface area contributed by atoms with Gasteiger partial charge in [0.25, 0.3) is 17.5 Å². The Kier molecular flexibility index (Phi) is 8.81. The average molecular weight is 403 g/mol. The van der Waals surface area contributed by atoms with Gasteiger partial charge in [0.15, 0.2) is 6.61 Å². The predicted octanol–water partition coefficient (Wildman–Crippen LogP) is 2.26. The Balaban J connectivity index is 1.57. The molecule has 1 aromatic carbocycles. The van der Waals surface area contributed by atoms with E-state index < -0.39 is 16.8 Å². The number of nitro benzene ring substituents is 1. The van der Waals surface area contributed by atoms with Gasteiger partial charge < -0.3 is 15.4 Å². The Morgan fingerprint density at radius 1 is 1.07 bits per heavy atom. The van der Waals surface area contributed by atoms with Crippen LogP contribution in [0.3, 0.4) is 0 Å². The number of non-ortho nitro benzene ring substituents is 1. The monoisotopic (exact) mass is 403 g/mol. The maximum atomic E-state index is 11.9. The van der Waals surface area contributed by atoms with Gasteiger partial charge in [0.1, 0.15) is 0 Å². The molecule has 1 aliphatic carbocycles. The molecule has 9 heteroatoms. The van der Waals surface area contributed by atoms with Crippen LogP contribution >= 0.6 is 0 Å². The standard InChI is InChI=1S/C20H25N3O6/c24-18(21-12-10-15-4-2-1-3-5-15)14-29-19(25)11-13-22-20(26)16-6-8-17(9-7-16)23(27)28/h4,6-9H,1-3,5,10-14H2,(H,21,24)(H,22,26). The average Bonchev–Trinajstić information content (AvgIpc) is 2.73. The number of ether oxygens (including phenoxy) is 1. The van der Waals surface area contributed by atoms with Crippen molar-refractivity contribution in [1.29, 1.82) is 0 Å². The van der Waals surface area contributed by atoms with Gasteiger partial charge in [-0.2, -0.15) is 0 Å². The molecule has 1 aliphatic rings. The van der Waals surface area contributed by atoms with E-state index in [2.05, 4.69) is 16.7 Å². The summed E-state index contributed by atoms with van der Waals surface area (Å²) in [6.07, 6.45) is 7.55. The molecule has 0 heterocycles. The van der Waals surface area contributed by atoms with E-state index in [1.165, 1.54) is 42.7 Å². The quantitative estimate of drug-likeness (QED) is 0.267. The van der Waals surface area contributed by atoms with E-state index in [0.717, 1.165) is 19.3 Å².